The number of nitrogens with zero attached hydrogens (tertiary/aromatic N) is 1. The summed E-state index contributed by atoms with van der Waals surface area (Å²) in [6, 6.07) is -4.76. The normalized spacial score (nSPS) is 17.8. The fourth-order valence-electron chi connectivity index (χ4n) is 4.10. The largest absolute Gasteiger partial charge is 0.481 e. The Kier molecular flexibility index (Phi) is 14.0. The molecule has 1 saturated heterocycles. The molecule has 1 aliphatic rings. The maximum Gasteiger partial charge on any atom is 0.322 e. The minimum Gasteiger partial charge on any atom is -0.481 e. The number of carboxylic acids is 2. The smallest absolute Gasteiger partial charge is 0.322 e. The van der Waals surface area contributed by atoms with Crippen LogP contribution in [0.2, 0.25) is 0 Å². The molecular weight excluding hydrogens is 532 g/mol. The number of hydrogen-bond donors (Lipinski definition) is 8. The Balaban J connectivity index is 2.94. The lowest BCUT2D eigenvalue weighted by Gasteiger charge is -2.29. The number of aliphatic hydroxyl groups is 1. The molecule has 5 atom stereocenters. The number of likely N-dealkylation sites (tertiary alicyclic amines) is 1. The molecule has 226 valence electrons. The molecule has 1 aliphatic heterocycles. The number of amides is 5. The highest BCUT2D eigenvalue weighted by Crippen LogP contribution is 2.20. The first-order chi connectivity index (χ1) is 18.6. The van der Waals surface area contributed by atoms with Crippen LogP contribution < -0.4 is 27.0 Å². The van der Waals surface area contributed by atoms with Gasteiger partial charge >= 0.3 is 11.9 Å². The van der Waals surface area contributed by atoms with Gasteiger partial charge in [0.1, 0.15) is 24.7 Å². The van der Waals surface area contributed by atoms with E-state index in [0.717, 1.165) is 0 Å². The van der Waals surface area contributed by atoms with Gasteiger partial charge in [0.05, 0.1) is 18.7 Å². The summed E-state index contributed by atoms with van der Waals surface area (Å²) < 4.78 is 0. The first kappa shape index (κ1) is 34.2. The van der Waals surface area contributed by atoms with Crippen molar-refractivity contribution in [1.29, 1.82) is 0 Å². The number of nitrogens with two attached hydrogens (primary N) is 1. The first-order valence-corrected chi connectivity index (χ1v) is 13.0. The Bertz CT molecular complexity index is 956. The van der Waals surface area contributed by atoms with Crippen molar-refractivity contribution < 1.29 is 48.9 Å². The zero-order valence-corrected chi connectivity index (χ0v) is 22.8. The summed E-state index contributed by atoms with van der Waals surface area (Å²) in [5.74, 6) is -6.29. The lowest BCUT2D eigenvalue weighted by atomic mass is 10.0. The molecule has 1 heterocycles. The highest BCUT2D eigenvalue weighted by Gasteiger charge is 2.38. The number of aliphatic hydroxyl groups excluding tert-OH is 1. The lowest BCUT2D eigenvalue weighted by molar-refractivity contribution is -0.141. The van der Waals surface area contributed by atoms with Crippen LogP contribution >= 0.6 is 0 Å². The van der Waals surface area contributed by atoms with Gasteiger partial charge in [-0.2, -0.15) is 0 Å². The number of carbonyl (C=O) groups excluding carboxylic acids is 5. The monoisotopic (exact) mass is 572 g/mol. The maximum absolute atomic E-state index is 13.1. The molecule has 0 aromatic rings. The molecule has 9 N–H and O–H groups in total. The summed E-state index contributed by atoms with van der Waals surface area (Å²) in [6.45, 7) is 3.96. The van der Waals surface area contributed by atoms with E-state index in [1.807, 2.05) is 19.2 Å². The quantitative estimate of drug-likeness (QED) is 0.0917. The highest BCUT2D eigenvalue weighted by molar-refractivity contribution is 5.96. The van der Waals surface area contributed by atoms with Crippen LogP contribution in [0.15, 0.2) is 0 Å². The van der Waals surface area contributed by atoms with Crippen LogP contribution in [-0.4, -0.2) is 112 Å². The molecule has 0 aromatic heterocycles. The summed E-state index contributed by atoms with van der Waals surface area (Å²) >= 11 is 0. The number of rotatable bonds is 16. The molecule has 40 heavy (non-hydrogen) atoms. The molecule has 0 aromatic carbocycles. The second-order valence-electron chi connectivity index (χ2n) is 10.0. The Hall–Kier alpha value is -3.79. The van der Waals surface area contributed by atoms with Crippen LogP contribution in [0.25, 0.3) is 0 Å². The lowest BCUT2D eigenvalue weighted by Crippen LogP contribution is -2.59. The summed E-state index contributed by atoms with van der Waals surface area (Å²) in [7, 11) is 0. The van der Waals surface area contributed by atoms with Crippen molar-refractivity contribution in [2.45, 2.75) is 83.1 Å². The van der Waals surface area contributed by atoms with Gasteiger partial charge in [0.15, 0.2) is 0 Å². The van der Waals surface area contributed by atoms with Gasteiger partial charge in [-0.1, -0.05) is 13.8 Å². The highest BCUT2D eigenvalue weighted by atomic mass is 16.4. The van der Waals surface area contributed by atoms with E-state index < -0.39 is 91.3 Å². The number of carboxylic acid groups (broad SMARTS) is 2. The third kappa shape index (κ3) is 11.5. The molecule has 1 rings (SSSR count). The minimum absolute atomic E-state index is 0.149. The average molecular weight is 573 g/mol. The molecule has 16 heteroatoms. The summed E-state index contributed by atoms with van der Waals surface area (Å²) in [6.07, 6.45) is -1.09. The SMILES string of the molecule is CC(C)C[C@H](N)C(=O)N1CCC[C@H]1C(=O)N[C@@H](CCC(=O)O)C(=O)N[C@H](C(=O)NCC(=O)NCC(=O)O)[C@@H](C)O. The third-order valence-electron chi connectivity index (χ3n) is 6.08. The number of aliphatic carboxylic acids is 2. The average Bonchev–Trinajstić information content (AvgIpc) is 3.35. The summed E-state index contributed by atoms with van der Waals surface area (Å²) in [4.78, 5) is 86.2. The third-order valence-corrected chi connectivity index (χ3v) is 6.08. The minimum atomic E-state index is -1.59. The van der Waals surface area contributed by atoms with Gasteiger partial charge in [-0.15, -0.1) is 0 Å². The Labute approximate surface area is 231 Å². The second kappa shape index (κ2) is 16.3. The molecule has 0 unspecified atom stereocenters. The van der Waals surface area contributed by atoms with Crippen molar-refractivity contribution in [2.75, 3.05) is 19.6 Å². The first-order valence-electron chi connectivity index (χ1n) is 13.0. The van der Waals surface area contributed by atoms with Crippen molar-refractivity contribution in [3.8, 4) is 0 Å². The predicted molar refractivity (Wildman–Crippen MR) is 138 cm³/mol. The van der Waals surface area contributed by atoms with E-state index in [1.165, 1.54) is 11.8 Å². The molecule has 0 spiro atoms. The Morgan fingerprint density at radius 2 is 1.57 bits per heavy atom. The standard InChI is InChI=1S/C24H40N6O10/c1-12(2)9-14(25)24(40)30-8-4-5-16(30)22(38)28-15(6-7-18(33)34)21(37)29-20(13(3)31)23(39)27-10-17(32)26-11-19(35)36/h12-16,20,31H,4-11,25H2,1-3H3,(H,26,32)(H,27,39)(H,28,38)(H,29,37)(H,33,34)(H,35,36)/t13-,14+,15+,16+,20+/m1/s1. The zero-order valence-electron chi connectivity index (χ0n) is 22.8. The Morgan fingerprint density at radius 3 is 2.12 bits per heavy atom. The molecule has 16 nitrogen and oxygen atoms in total. The van der Waals surface area contributed by atoms with Gasteiger partial charge in [0.2, 0.25) is 29.5 Å². The summed E-state index contributed by atoms with van der Waals surface area (Å²) in [5, 5.41) is 36.6. The molecule has 0 aliphatic carbocycles. The molecule has 0 saturated carbocycles. The Morgan fingerprint density at radius 1 is 0.925 bits per heavy atom. The van der Waals surface area contributed by atoms with Crippen LogP contribution in [0.3, 0.4) is 0 Å². The second-order valence-corrected chi connectivity index (χ2v) is 10.0. The van der Waals surface area contributed by atoms with Crippen molar-refractivity contribution in [2.24, 2.45) is 11.7 Å². The zero-order chi connectivity index (χ0) is 30.6. The fourth-order valence-corrected chi connectivity index (χ4v) is 4.10. The van der Waals surface area contributed by atoms with Crippen LogP contribution in [0.5, 0.6) is 0 Å². The van der Waals surface area contributed by atoms with E-state index in [0.29, 0.717) is 25.8 Å². The van der Waals surface area contributed by atoms with E-state index in [2.05, 4.69) is 16.0 Å². The van der Waals surface area contributed by atoms with E-state index in [9.17, 15) is 38.7 Å². The topological polar surface area (TPSA) is 258 Å². The number of carbonyl (C=O) groups is 7. The van der Waals surface area contributed by atoms with E-state index in [-0.39, 0.29) is 12.3 Å². The van der Waals surface area contributed by atoms with Gasteiger partial charge < -0.3 is 47.2 Å². The molecular formula is C24H40N6O10. The van der Waals surface area contributed by atoms with Gasteiger partial charge in [0.25, 0.3) is 0 Å². The number of hydrogen-bond acceptors (Lipinski definition) is 9. The van der Waals surface area contributed by atoms with E-state index in [1.54, 1.807) is 0 Å². The van der Waals surface area contributed by atoms with Crippen molar-refractivity contribution >= 4 is 41.5 Å². The van der Waals surface area contributed by atoms with Crippen molar-refractivity contribution in [1.82, 2.24) is 26.2 Å². The molecule has 5 amide bonds. The van der Waals surface area contributed by atoms with Crippen LogP contribution in [0.4, 0.5) is 0 Å². The van der Waals surface area contributed by atoms with E-state index >= 15 is 0 Å². The molecule has 0 radical (unpaired) electrons. The molecule has 1 fully saturated rings. The fraction of sp³-hybridized carbons (Fsp3) is 0.708. The van der Waals surface area contributed by atoms with Crippen molar-refractivity contribution in [3.05, 3.63) is 0 Å². The van der Waals surface area contributed by atoms with E-state index in [4.69, 9.17) is 15.9 Å². The van der Waals surface area contributed by atoms with Gasteiger partial charge in [0, 0.05) is 13.0 Å². The van der Waals surface area contributed by atoms with Crippen LogP contribution in [0.1, 0.15) is 52.9 Å². The van der Waals surface area contributed by atoms with Crippen LogP contribution in [-0.2, 0) is 33.6 Å². The predicted octanol–water partition coefficient (Wildman–Crippen LogP) is -3.12. The van der Waals surface area contributed by atoms with Gasteiger partial charge in [-0.05, 0) is 38.5 Å². The van der Waals surface area contributed by atoms with Crippen LogP contribution in [0, 0.1) is 5.92 Å². The van der Waals surface area contributed by atoms with Crippen molar-refractivity contribution in [3.63, 3.8) is 0 Å². The number of nitrogens with one attached hydrogen (secondary N) is 4. The van der Waals surface area contributed by atoms with Gasteiger partial charge in [-0.25, -0.2) is 0 Å². The maximum atomic E-state index is 13.1. The molecule has 0 bridgehead atoms. The van der Waals surface area contributed by atoms with Gasteiger partial charge in [-0.3, -0.25) is 33.6 Å². The summed E-state index contributed by atoms with van der Waals surface area (Å²) in [5.41, 5.74) is 6.01.